The molecule has 2 aromatic carbocycles. The normalized spacial score (nSPS) is 11.0. The molecule has 3 aromatic rings. The third-order valence-electron chi connectivity index (χ3n) is 3.36. The number of rotatable bonds is 5. The molecule has 0 unspecified atom stereocenters. The first-order chi connectivity index (χ1) is 12.5. The van der Waals surface area contributed by atoms with E-state index in [1.165, 1.54) is 6.21 Å². The van der Waals surface area contributed by atoms with Crippen LogP contribution in [0.15, 0.2) is 58.6 Å². The standard InChI is InChI=1S/C17H12Cl2N4O2S/c18-14-5-2-6-15(19)13(14)10-25-12-4-1-3-11(7-12)8-21-23-16(24)9-20-22-17(23)26/h1-9H,10H2,(H,22,26)/b21-8+. The van der Waals surface area contributed by atoms with Crippen LogP contribution in [-0.2, 0) is 6.61 Å². The number of benzene rings is 2. The summed E-state index contributed by atoms with van der Waals surface area (Å²) < 4.78 is 6.91. The van der Waals surface area contributed by atoms with Crippen LogP contribution < -0.4 is 10.3 Å². The van der Waals surface area contributed by atoms with Gasteiger partial charge in [-0.15, -0.1) is 0 Å². The van der Waals surface area contributed by atoms with Crippen LogP contribution in [0.25, 0.3) is 0 Å². The van der Waals surface area contributed by atoms with Crippen LogP contribution in [0.1, 0.15) is 11.1 Å². The Morgan fingerprint density at radius 2 is 1.96 bits per heavy atom. The SMILES string of the molecule is O=c1cn[nH]c(=S)n1/N=C/c1cccc(OCc2c(Cl)cccc2Cl)c1. The second-order valence-corrected chi connectivity index (χ2v) is 6.33. The van der Waals surface area contributed by atoms with Crippen molar-refractivity contribution in [2.75, 3.05) is 0 Å². The molecule has 0 radical (unpaired) electrons. The van der Waals surface area contributed by atoms with E-state index in [0.717, 1.165) is 16.4 Å². The number of H-pyrrole nitrogens is 1. The van der Waals surface area contributed by atoms with Gasteiger partial charge in [0.25, 0.3) is 5.56 Å². The van der Waals surface area contributed by atoms with E-state index in [1.807, 2.05) is 6.07 Å². The quantitative estimate of drug-likeness (QED) is 0.511. The summed E-state index contributed by atoms with van der Waals surface area (Å²) in [6.07, 6.45) is 2.60. The molecule has 0 fully saturated rings. The molecule has 0 amide bonds. The number of aromatic nitrogens is 3. The van der Waals surface area contributed by atoms with Gasteiger partial charge in [-0.3, -0.25) is 9.89 Å². The first-order valence-corrected chi connectivity index (χ1v) is 8.58. The topological polar surface area (TPSA) is 72.3 Å². The van der Waals surface area contributed by atoms with Crippen molar-refractivity contribution in [2.24, 2.45) is 5.10 Å². The first kappa shape index (κ1) is 18.3. The number of nitrogens with one attached hydrogen (secondary N) is 1. The van der Waals surface area contributed by atoms with Crippen LogP contribution >= 0.6 is 35.4 Å². The van der Waals surface area contributed by atoms with Crippen molar-refractivity contribution in [3.63, 3.8) is 0 Å². The van der Waals surface area contributed by atoms with Crippen LogP contribution in [0, 0.1) is 4.77 Å². The summed E-state index contributed by atoms with van der Waals surface area (Å²) >= 11 is 17.3. The van der Waals surface area contributed by atoms with Crippen LogP contribution in [-0.4, -0.2) is 21.1 Å². The Kier molecular flexibility index (Phi) is 5.82. The van der Waals surface area contributed by atoms with Gasteiger partial charge in [-0.1, -0.05) is 41.4 Å². The molecule has 132 valence electrons. The van der Waals surface area contributed by atoms with Gasteiger partial charge in [0.05, 0.1) is 6.21 Å². The zero-order valence-electron chi connectivity index (χ0n) is 13.2. The van der Waals surface area contributed by atoms with E-state index in [-0.39, 0.29) is 11.4 Å². The largest absolute Gasteiger partial charge is 0.489 e. The van der Waals surface area contributed by atoms with E-state index in [0.29, 0.717) is 21.4 Å². The van der Waals surface area contributed by atoms with Crippen LogP contribution in [0.2, 0.25) is 10.0 Å². The lowest BCUT2D eigenvalue weighted by atomic mass is 10.2. The predicted octanol–water partition coefficient (Wildman–Crippen LogP) is 4.07. The fraction of sp³-hybridized carbons (Fsp3) is 0.0588. The Hall–Kier alpha value is -2.48. The van der Waals surface area contributed by atoms with Gasteiger partial charge < -0.3 is 4.74 Å². The van der Waals surface area contributed by atoms with E-state index in [9.17, 15) is 4.79 Å². The fourth-order valence-corrected chi connectivity index (χ4v) is 2.79. The summed E-state index contributed by atoms with van der Waals surface area (Å²) in [4.78, 5) is 11.7. The molecule has 9 heteroatoms. The minimum Gasteiger partial charge on any atom is -0.489 e. The second-order valence-electron chi connectivity index (χ2n) is 5.13. The molecule has 0 saturated heterocycles. The Balaban J connectivity index is 1.77. The van der Waals surface area contributed by atoms with Crippen molar-refractivity contribution in [3.8, 4) is 5.75 Å². The number of ether oxygens (including phenoxy) is 1. The van der Waals surface area contributed by atoms with Crippen molar-refractivity contribution < 1.29 is 4.74 Å². The number of aromatic amines is 1. The lowest BCUT2D eigenvalue weighted by Gasteiger charge is -2.09. The number of hydrogen-bond donors (Lipinski definition) is 1. The molecular weight excluding hydrogens is 395 g/mol. The molecule has 0 spiro atoms. The van der Waals surface area contributed by atoms with Crippen molar-refractivity contribution in [3.05, 3.63) is 85.0 Å². The molecule has 6 nitrogen and oxygen atoms in total. The number of hydrogen-bond acceptors (Lipinski definition) is 5. The predicted molar refractivity (Wildman–Crippen MR) is 104 cm³/mol. The van der Waals surface area contributed by atoms with Crippen LogP contribution in [0.3, 0.4) is 0 Å². The van der Waals surface area contributed by atoms with Gasteiger partial charge in [-0.2, -0.15) is 14.9 Å². The third kappa shape index (κ3) is 4.37. The summed E-state index contributed by atoms with van der Waals surface area (Å²) in [6.45, 7) is 0.230. The highest BCUT2D eigenvalue weighted by Crippen LogP contribution is 2.26. The summed E-state index contributed by atoms with van der Waals surface area (Å²) in [6, 6.07) is 12.5. The van der Waals surface area contributed by atoms with Gasteiger partial charge in [-0.25, -0.2) is 0 Å². The smallest absolute Gasteiger partial charge is 0.293 e. The molecule has 1 N–H and O–H groups in total. The molecule has 3 rings (SSSR count). The summed E-state index contributed by atoms with van der Waals surface area (Å²) in [5.74, 6) is 0.608. The summed E-state index contributed by atoms with van der Waals surface area (Å²) in [5.41, 5.74) is 1.01. The van der Waals surface area contributed by atoms with E-state index < -0.39 is 5.56 Å². The van der Waals surface area contributed by atoms with E-state index in [4.69, 9.17) is 40.2 Å². The number of nitrogens with zero attached hydrogens (tertiary/aromatic N) is 3. The van der Waals surface area contributed by atoms with Gasteiger partial charge in [0.1, 0.15) is 18.6 Å². The Morgan fingerprint density at radius 3 is 2.69 bits per heavy atom. The second kappa shape index (κ2) is 8.27. The third-order valence-corrected chi connectivity index (χ3v) is 4.33. The molecule has 0 bridgehead atoms. The summed E-state index contributed by atoms with van der Waals surface area (Å²) in [5, 5.41) is 11.3. The molecular formula is C17H12Cl2N4O2S. The highest BCUT2D eigenvalue weighted by atomic mass is 35.5. The molecule has 26 heavy (non-hydrogen) atoms. The average Bonchev–Trinajstić information content (AvgIpc) is 2.61. The Morgan fingerprint density at radius 1 is 1.23 bits per heavy atom. The minimum atomic E-state index is -0.425. The summed E-state index contributed by atoms with van der Waals surface area (Å²) in [7, 11) is 0. The van der Waals surface area contributed by atoms with Gasteiger partial charge in [0.15, 0.2) is 0 Å². The van der Waals surface area contributed by atoms with Crippen LogP contribution in [0.5, 0.6) is 5.75 Å². The fourth-order valence-electron chi connectivity index (χ4n) is 2.09. The zero-order valence-corrected chi connectivity index (χ0v) is 15.6. The number of halogens is 2. The van der Waals surface area contributed by atoms with Crippen molar-refractivity contribution in [2.45, 2.75) is 6.61 Å². The van der Waals surface area contributed by atoms with E-state index in [1.54, 1.807) is 36.4 Å². The maximum Gasteiger partial charge on any atom is 0.293 e. The van der Waals surface area contributed by atoms with Gasteiger partial charge in [0.2, 0.25) is 4.77 Å². The van der Waals surface area contributed by atoms with Crippen molar-refractivity contribution in [1.29, 1.82) is 0 Å². The van der Waals surface area contributed by atoms with Gasteiger partial charge in [-0.05, 0) is 42.0 Å². The maximum atomic E-state index is 11.7. The lowest BCUT2D eigenvalue weighted by Crippen LogP contribution is -2.18. The molecule has 1 aromatic heterocycles. The Labute approximate surface area is 163 Å². The molecule has 0 aliphatic carbocycles. The minimum absolute atomic E-state index is 0.106. The molecule has 0 aliphatic rings. The maximum absolute atomic E-state index is 11.7. The van der Waals surface area contributed by atoms with Gasteiger partial charge >= 0.3 is 0 Å². The average molecular weight is 407 g/mol. The Bertz CT molecular complexity index is 1030. The van der Waals surface area contributed by atoms with Crippen molar-refractivity contribution in [1.82, 2.24) is 14.9 Å². The molecule has 0 atom stereocenters. The zero-order chi connectivity index (χ0) is 18.5. The first-order valence-electron chi connectivity index (χ1n) is 7.41. The highest BCUT2D eigenvalue weighted by Gasteiger charge is 2.06. The van der Waals surface area contributed by atoms with Crippen molar-refractivity contribution >= 4 is 41.6 Å². The van der Waals surface area contributed by atoms with Crippen LogP contribution in [0.4, 0.5) is 0 Å². The molecule has 1 heterocycles. The molecule has 0 saturated carbocycles. The molecule has 0 aliphatic heterocycles. The lowest BCUT2D eigenvalue weighted by molar-refractivity contribution is 0.306. The highest BCUT2D eigenvalue weighted by molar-refractivity contribution is 7.71. The van der Waals surface area contributed by atoms with E-state index in [2.05, 4.69) is 15.3 Å². The van der Waals surface area contributed by atoms with E-state index >= 15 is 0 Å². The van der Waals surface area contributed by atoms with Gasteiger partial charge in [0, 0.05) is 15.6 Å². The monoisotopic (exact) mass is 406 g/mol.